The summed E-state index contributed by atoms with van der Waals surface area (Å²) in [5.41, 5.74) is 0. The van der Waals surface area contributed by atoms with E-state index in [1.54, 1.807) is 6.92 Å². The molecule has 1 heterocycles. The maximum atomic E-state index is 12.5. The van der Waals surface area contributed by atoms with Gasteiger partial charge in [-0.15, -0.1) is 6.58 Å². The quantitative estimate of drug-likeness (QED) is 0.492. The third kappa shape index (κ3) is 4.26. The van der Waals surface area contributed by atoms with Crippen molar-refractivity contribution in [2.24, 2.45) is 0 Å². The Bertz CT molecular complexity index is 504. The summed E-state index contributed by atoms with van der Waals surface area (Å²) >= 11 is 0. The molecule has 0 aromatic carbocycles. The second-order valence-electron chi connectivity index (χ2n) is 4.50. The van der Waals surface area contributed by atoms with Crippen LogP contribution in [0.3, 0.4) is 0 Å². The van der Waals surface area contributed by atoms with Crippen molar-refractivity contribution in [1.82, 2.24) is 8.61 Å². The molecule has 0 bridgehead atoms. The molecule has 0 aliphatic carbocycles. The molecule has 21 heavy (non-hydrogen) atoms. The van der Waals surface area contributed by atoms with Crippen LogP contribution in [0, 0.1) is 0 Å². The monoisotopic (exact) mass is 320 g/mol. The molecule has 0 radical (unpaired) electrons. The summed E-state index contributed by atoms with van der Waals surface area (Å²) in [6, 6.07) is -0.893. The SMILES string of the molecule is C=CCN(CC(=O)O)S(=O)(=O)N1CCCC1C(=O)OCC. The molecule has 8 nitrogen and oxygen atoms in total. The first kappa shape index (κ1) is 17.6. The summed E-state index contributed by atoms with van der Waals surface area (Å²) in [5.74, 6) is -1.88. The molecule has 120 valence electrons. The molecule has 0 amide bonds. The minimum atomic E-state index is -4.06. The Morgan fingerprint density at radius 2 is 2.19 bits per heavy atom. The van der Waals surface area contributed by atoms with Gasteiger partial charge in [0.2, 0.25) is 0 Å². The Hall–Kier alpha value is -1.45. The first-order valence-electron chi connectivity index (χ1n) is 6.60. The van der Waals surface area contributed by atoms with Gasteiger partial charge < -0.3 is 9.84 Å². The Balaban J connectivity index is 2.99. The molecule has 1 unspecified atom stereocenters. The van der Waals surface area contributed by atoms with Gasteiger partial charge in [-0.25, -0.2) is 0 Å². The number of carboxylic acid groups (broad SMARTS) is 1. The maximum Gasteiger partial charge on any atom is 0.324 e. The summed E-state index contributed by atoms with van der Waals surface area (Å²) in [6.45, 7) is 4.57. The van der Waals surface area contributed by atoms with E-state index in [0.717, 1.165) is 8.61 Å². The second-order valence-corrected chi connectivity index (χ2v) is 6.38. The number of hydrogen-bond acceptors (Lipinski definition) is 5. The fourth-order valence-corrected chi connectivity index (χ4v) is 3.91. The van der Waals surface area contributed by atoms with Crippen LogP contribution >= 0.6 is 0 Å². The van der Waals surface area contributed by atoms with Crippen molar-refractivity contribution < 1.29 is 27.9 Å². The smallest absolute Gasteiger partial charge is 0.324 e. The summed E-state index contributed by atoms with van der Waals surface area (Å²) < 4.78 is 31.7. The molecule has 1 N–H and O–H groups in total. The lowest BCUT2D eigenvalue weighted by molar-refractivity contribution is -0.146. The zero-order chi connectivity index (χ0) is 16.0. The maximum absolute atomic E-state index is 12.5. The molecular weight excluding hydrogens is 300 g/mol. The fourth-order valence-electron chi connectivity index (χ4n) is 2.17. The van der Waals surface area contributed by atoms with Crippen molar-refractivity contribution >= 4 is 22.1 Å². The summed E-state index contributed by atoms with van der Waals surface area (Å²) in [6.07, 6.45) is 2.20. The highest BCUT2D eigenvalue weighted by molar-refractivity contribution is 7.86. The highest BCUT2D eigenvalue weighted by Crippen LogP contribution is 2.24. The standard InChI is InChI=1S/C12H20N2O6S/c1-3-7-13(9-11(15)16)21(18,19)14-8-5-6-10(14)12(17)20-4-2/h3,10H,1,4-9H2,2H3,(H,15,16). The topological polar surface area (TPSA) is 104 Å². The van der Waals surface area contributed by atoms with Gasteiger partial charge in [-0.2, -0.15) is 17.0 Å². The Labute approximate surface area is 124 Å². The van der Waals surface area contributed by atoms with Gasteiger partial charge in [0, 0.05) is 13.1 Å². The lowest BCUT2D eigenvalue weighted by Gasteiger charge is -2.28. The van der Waals surface area contributed by atoms with Crippen molar-refractivity contribution in [1.29, 1.82) is 0 Å². The lowest BCUT2D eigenvalue weighted by Crippen LogP contribution is -2.50. The number of carbonyl (C=O) groups is 2. The van der Waals surface area contributed by atoms with E-state index in [1.807, 2.05) is 0 Å². The summed E-state index contributed by atoms with van der Waals surface area (Å²) in [7, 11) is -4.06. The van der Waals surface area contributed by atoms with Crippen molar-refractivity contribution in [3.8, 4) is 0 Å². The van der Waals surface area contributed by atoms with Crippen LogP contribution in [-0.2, 0) is 24.5 Å². The van der Waals surface area contributed by atoms with Crippen LogP contribution in [0.5, 0.6) is 0 Å². The number of ether oxygens (including phenoxy) is 1. The van der Waals surface area contributed by atoms with Gasteiger partial charge in [0.25, 0.3) is 10.2 Å². The average molecular weight is 320 g/mol. The zero-order valence-corrected chi connectivity index (χ0v) is 12.7. The fraction of sp³-hybridized carbons (Fsp3) is 0.667. The third-order valence-electron chi connectivity index (χ3n) is 3.03. The van der Waals surface area contributed by atoms with Gasteiger partial charge >= 0.3 is 11.9 Å². The normalized spacial score (nSPS) is 19.6. The van der Waals surface area contributed by atoms with Crippen molar-refractivity contribution in [3.05, 3.63) is 12.7 Å². The molecule has 1 aliphatic heterocycles. The van der Waals surface area contributed by atoms with E-state index >= 15 is 0 Å². The van der Waals surface area contributed by atoms with E-state index in [9.17, 15) is 18.0 Å². The van der Waals surface area contributed by atoms with Crippen LogP contribution in [0.15, 0.2) is 12.7 Å². The van der Waals surface area contributed by atoms with Crippen LogP contribution in [-0.4, -0.2) is 66.4 Å². The molecule has 1 fully saturated rings. The number of aliphatic carboxylic acids is 1. The molecule has 1 rings (SSSR count). The van der Waals surface area contributed by atoms with Gasteiger partial charge in [0.1, 0.15) is 12.6 Å². The molecule has 1 saturated heterocycles. The minimum absolute atomic E-state index is 0.138. The van der Waals surface area contributed by atoms with Gasteiger partial charge in [0.15, 0.2) is 0 Å². The minimum Gasteiger partial charge on any atom is -0.480 e. The van der Waals surface area contributed by atoms with Gasteiger partial charge in [-0.3, -0.25) is 9.59 Å². The number of carbonyl (C=O) groups excluding carboxylic acids is 1. The van der Waals surface area contributed by atoms with E-state index in [1.165, 1.54) is 6.08 Å². The molecule has 1 aliphatic rings. The number of hydrogen-bond donors (Lipinski definition) is 1. The van der Waals surface area contributed by atoms with E-state index in [2.05, 4.69) is 6.58 Å². The number of carboxylic acids is 1. The van der Waals surface area contributed by atoms with Crippen LogP contribution in [0.25, 0.3) is 0 Å². The number of esters is 1. The lowest BCUT2D eigenvalue weighted by atomic mass is 10.2. The van der Waals surface area contributed by atoms with Crippen LogP contribution < -0.4 is 0 Å². The van der Waals surface area contributed by atoms with Crippen LogP contribution in [0.2, 0.25) is 0 Å². The zero-order valence-electron chi connectivity index (χ0n) is 11.9. The second kappa shape index (κ2) is 7.53. The van der Waals surface area contributed by atoms with Crippen LogP contribution in [0.1, 0.15) is 19.8 Å². The predicted octanol–water partition coefficient (Wildman–Crippen LogP) is -0.169. The predicted molar refractivity (Wildman–Crippen MR) is 74.7 cm³/mol. The molecule has 0 aromatic heterocycles. The van der Waals surface area contributed by atoms with E-state index < -0.39 is 34.7 Å². The van der Waals surface area contributed by atoms with Gasteiger partial charge in [-0.1, -0.05) is 6.08 Å². The van der Waals surface area contributed by atoms with E-state index in [-0.39, 0.29) is 19.7 Å². The molecule has 0 saturated carbocycles. The summed E-state index contributed by atoms with van der Waals surface area (Å²) in [4.78, 5) is 22.6. The number of rotatable bonds is 8. The molecule has 0 aromatic rings. The summed E-state index contributed by atoms with van der Waals surface area (Å²) in [5, 5.41) is 8.83. The Morgan fingerprint density at radius 1 is 1.52 bits per heavy atom. The van der Waals surface area contributed by atoms with Crippen molar-refractivity contribution in [2.45, 2.75) is 25.8 Å². The number of nitrogens with zero attached hydrogens (tertiary/aromatic N) is 2. The van der Waals surface area contributed by atoms with Crippen LogP contribution in [0.4, 0.5) is 0 Å². The van der Waals surface area contributed by atoms with E-state index in [0.29, 0.717) is 12.8 Å². The Kier molecular flexibility index (Phi) is 6.31. The molecule has 0 spiro atoms. The average Bonchev–Trinajstić information content (AvgIpc) is 2.88. The van der Waals surface area contributed by atoms with Crippen molar-refractivity contribution in [3.63, 3.8) is 0 Å². The Morgan fingerprint density at radius 3 is 2.71 bits per heavy atom. The molecular formula is C12H20N2O6S. The molecule has 9 heteroatoms. The van der Waals surface area contributed by atoms with Gasteiger partial charge in [0.05, 0.1) is 6.61 Å². The largest absolute Gasteiger partial charge is 0.480 e. The van der Waals surface area contributed by atoms with E-state index in [4.69, 9.17) is 9.84 Å². The van der Waals surface area contributed by atoms with Gasteiger partial charge in [-0.05, 0) is 19.8 Å². The highest BCUT2D eigenvalue weighted by atomic mass is 32.2. The third-order valence-corrected chi connectivity index (χ3v) is 4.99. The molecule has 1 atom stereocenters. The van der Waals surface area contributed by atoms with Crippen molar-refractivity contribution in [2.75, 3.05) is 26.2 Å². The first-order chi connectivity index (χ1) is 9.84. The first-order valence-corrected chi connectivity index (χ1v) is 8.00. The highest BCUT2D eigenvalue weighted by Gasteiger charge is 2.42.